The molecule has 1 aromatic carbocycles. The van der Waals surface area contributed by atoms with Gasteiger partial charge in [0.25, 0.3) is 5.91 Å². The van der Waals surface area contributed by atoms with Crippen molar-refractivity contribution in [2.45, 2.75) is 36.7 Å². The van der Waals surface area contributed by atoms with Crippen molar-refractivity contribution in [3.8, 4) is 0 Å². The summed E-state index contributed by atoms with van der Waals surface area (Å²) in [7, 11) is 0. The summed E-state index contributed by atoms with van der Waals surface area (Å²) >= 11 is 4.10. The standard InChI is InChI=1S/C14H18FNO2S/c15-13-5-4-11(19)7-12(13)14(18)16-8-9-2-1-3-10(17)6-9/h4-5,7,9-10,17,19H,1-3,6,8H2,(H,16,18). The van der Waals surface area contributed by atoms with E-state index in [1.165, 1.54) is 18.2 Å². The second-order valence-electron chi connectivity index (χ2n) is 5.06. The van der Waals surface area contributed by atoms with Crippen LogP contribution in [0.2, 0.25) is 0 Å². The van der Waals surface area contributed by atoms with E-state index in [1.54, 1.807) is 0 Å². The molecule has 2 unspecified atom stereocenters. The molecule has 1 aliphatic rings. The largest absolute Gasteiger partial charge is 0.393 e. The molecule has 0 saturated heterocycles. The Morgan fingerprint density at radius 3 is 3.00 bits per heavy atom. The Morgan fingerprint density at radius 2 is 2.26 bits per heavy atom. The fraction of sp³-hybridized carbons (Fsp3) is 0.500. The van der Waals surface area contributed by atoms with Crippen molar-refractivity contribution in [3.63, 3.8) is 0 Å². The molecule has 0 aromatic heterocycles. The highest BCUT2D eigenvalue weighted by Gasteiger charge is 2.21. The molecule has 1 saturated carbocycles. The van der Waals surface area contributed by atoms with Gasteiger partial charge in [-0.1, -0.05) is 6.42 Å². The summed E-state index contributed by atoms with van der Waals surface area (Å²) in [5, 5.41) is 12.3. The minimum absolute atomic E-state index is 0.0175. The lowest BCUT2D eigenvalue weighted by atomic mass is 9.87. The average Bonchev–Trinajstić information content (AvgIpc) is 2.39. The Labute approximate surface area is 117 Å². The SMILES string of the molecule is O=C(NCC1CCCC(O)C1)c1cc(S)ccc1F. The lowest BCUT2D eigenvalue weighted by Gasteiger charge is -2.25. The quantitative estimate of drug-likeness (QED) is 0.746. The number of halogens is 1. The third kappa shape index (κ3) is 3.94. The van der Waals surface area contributed by atoms with Crippen LogP contribution in [0.3, 0.4) is 0 Å². The Morgan fingerprint density at radius 1 is 1.47 bits per heavy atom. The molecule has 5 heteroatoms. The first-order valence-corrected chi connectivity index (χ1v) is 6.95. The zero-order chi connectivity index (χ0) is 13.8. The van der Waals surface area contributed by atoms with E-state index < -0.39 is 11.7 Å². The lowest BCUT2D eigenvalue weighted by Crippen LogP contribution is -2.33. The Bertz CT molecular complexity index is 467. The number of amides is 1. The van der Waals surface area contributed by atoms with Gasteiger partial charge in [0.1, 0.15) is 5.82 Å². The molecule has 3 nitrogen and oxygen atoms in total. The molecule has 1 fully saturated rings. The smallest absolute Gasteiger partial charge is 0.254 e. The zero-order valence-electron chi connectivity index (χ0n) is 10.6. The molecule has 2 N–H and O–H groups in total. The molecule has 1 amide bonds. The van der Waals surface area contributed by atoms with Gasteiger partial charge in [0, 0.05) is 11.4 Å². The van der Waals surface area contributed by atoms with Crippen LogP contribution in [0.15, 0.2) is 23.1 Å². The molecule has 0 spiro atoms. The summed E-state index contributed by atoms with van der Waals surface area (Å²) in [6.07, 6.45) is 3.23. The molecule has 104 valence electrons. The van der Waals surface area contributed by atoms with Crippen LogP contribution in [-0.4, -0.2) is 23.7 Å². The summed E-state index contributed by atoms with van der Waals surface area (Å²) in [5.74, 6) is -0.692. The van der Waals surface area contributed by atoms with E-state index in [9.17, 15) is 14.3 Å². The molecule has 19 heavy (non-hydrogen) atoms. The van der Waals surface area contributed by atoms with Crippen LogP contribution in [0.5, 0.6) is 0 Å². The normalized spacial score (nSPS) is 23.1. The van der Waals surface area contributed by atoms with Crippen LogP contribution in [-0.2, 0) is 0 Å². The average molecular weight is 283 g/mol. The first-order chi connectivity index (χ1) is 9.06. The Balaban J connectivity index is 1.92. The van der Waals surface area contributed by atoms with Gasteiger partial charge in [-0.3, -0.25) is 4.79 Å². The molecule has 0 radical (unpaired) electrons. The third-order valence-electron chi connectivity index (χ3n) is 3.50. The van der Waals surface area contributed by atoms with E-state index >= 15 is 0 Å². The highest BCUT2D eigenvalue weighted by molar-refractivity contribution is 7.80. The number of carbonyl (C=O) groups is 1. The van der Waals surface area contributed by atoms with Gasteiger partial charge in [-0.2, -0.15) is 0 Å². The van der Waals surface area contributed by atoms with Crippen molar-refractivity contribution in [2.75, 3.05) is 6.54 Å². The van der Waals surface area contributed by atoms with E-state index in [0.717, 1.165) is 19.3 Å². The molecule has 2 rings (SSSR count). The van der Waals surface area contributed by atoms with Crippen molar-refractivity contribution in [1.82, 2.24) is 5.32 Å². The molecule has 2 atom stereocenters. The maximum absolute atomic E-state index is 13.5. The maximum atomic E-state index is 13.5. The predicted octanol–water partition coefficient (Wildman–Crippen LogP) is 2.40. The highest BCUT2D eigenvalue weighted by atomic mass is 32.1. The second kappa shape index (κ2) is 6.39. The van der Waals surface area contributed by atoms with Gasteiger partial charge in [-0.05, 0) is 43.4 Å². The number of benzene rings is 1. The third-order valence-corrected chi connectivity index (χ3v) is 3.78. The number of nitrogens with one attached hydrogen (secondary N) is 1. The number of hydrogen-bond donors (Lipinski definition) is 3. The van der Waals surface area contributed by atoms with E-state index in [2.05, 4.69) is 17.9 Å². The molecule has 0 bridgehead atoms. The van der Waals surface area contributed by atoms with Gasteiger partial charge in [0.2, 0.25) is 0 Å². The second-order valence-corrected chi connectivity index (χ2v) is 5.58. The van der Waals surface area contributed by atoms with Crippen molar-refractivity contribution in [2.24, 2.45) is 5.92 Å². The number of rotatable bonds is 3. The number of aliphatic hydroxyl groups is 1. The van der Waals surface area contributed by atoms with Crippen LogP contribution in [0.1, 0.15) is 36.0 Å². The fourth-order valence-electron chi connectivity index (χ4n) is 2.47. The van der Waals surface area contributed by atoms with Crippen LogP contribution >= 0.6 is 12.6 Å². The maximum Gasteiger partial charge on any atom is 0.254 e. The van der Waals surface area contributed by atoms with Crippen LogP contribution in [0, 0.1) is 11.7 Å². The van der Waals surface area contributed by atoms with Gasteiger partial charge in [0.15, 0.2) is 0 Å². The number of aliphatic hydroxyl groups excluding tert-OH is 1. The zero-order valence-corrected chi connectivity index (χ0v) is 11.5. The molecular formula is C14H18FNO2S. The van der Waals surface area contributed by atoms with E-state index in [4.69, 9.17) is 0 Å². The minimum Gasteiger partial charge on any atom is -0.393 e. The van der Waals surface area contributed by atoms with Crippen molar-refractivity contribution >= 4 is 18.5 Å². The van der Waals surface area contributed by atoms with Crippen LogP contribution in [0.4, 0.5) is 4.39 Å². The van der Waals surface area contributed by atoms with Crippen molar-refractivity contribution in [3.05, 3.63) is 29.6 Å². The van der Waals surface area contributed by atoms with Crippen LogP contribution in [0.25, 0.3) is 0 Å². The monoisotopic (exact) mass is 283 g/mol. The molecule has 1 aromatic rings. The van der Waals surface area contributed by atoms with Gasteiger partial charge in [-0.25, -0.2) is 4.39 Å². The summed E-state index contributed by atoms with van der Waals surface area (Å²) in [4.78, 5) is 12.4. The molecular weight excluding hydrogens is 265 g/mol. The fourth-order valence-corrected chi connectivity index (χ4v) is 2.67. The van der Waals surface area contributed by atoms with Crippen molar-refractivity contribution in [1.29, 1.82) is 0 Å². The Hall–Kier alpha value is -1.07. The summed E-state index contributed by atoms with van der Waals surface area (Å²) in [6.45, 7) is 0.478. The highest BCUT2D eigenvalue weighted by Crippen LogP contribution is 2.23. The lowest BCUT2D eigenvalue weighted by molar-refractivity contribution is 0.0870. The first-order valence-electron chi connectivity index (χ1n) is 6.51. The van der Waals surface area contributed by atoms with E-state index in [0.29, 0.717) is 17.9 Å². The first kappa shape index (κ1) is 14.3. The van der Waals surface area contributed by atoms with Gasteiger partial charge in [-0.15, -0.1) is 12.6 Å². The van der Waals surface area contributed by atoms with Gasteiger partial charge < -0.3 is 10.4 Å². The summed E-state index contributed by atoms with van der Waals surface area (Å²) < 4.78 is 13.5. The van der Waals surface area contributed by atoms with Crippen molar-refractivity contribution < 1.29 is 14.3 Å². The number of hydrogen-bond acceptors (Lipinski definition) is 3. The van der Waals surface area contributed by atoms with E-state index in [-0.39, 0.29) is 17.6 Å². The molecule has 0 aliphatic heterocycles. The van der Waals surface area contributed by atoms with Gasteiger partial charge >= 0.3 is 0 Å². The molecule has 1 aliphatic carbocycles. The predicted molar refractivity (Wildman–Crippen MR) is 74.0 cm³/mol. The number of thiol groups is 1. The topological polar surface area (TPSA) is 49.3 Å². The summed E-state index contributed by atoms with van der Waals surface area (Å²) in [5.41, 5.74) is 0.0175. The van der Waals surface area contributed by atoms with Crippen LogP contribution < -0.4 is 5.32 Å². The van der Waals surface area contributed by atoms with Gasteiger partial charge in [0.05, 0.1) is 11.7 Å². The van der Waals surface area contributed by atoms with E-state index in [1.807, 2.05) is 0 Å². The minimum atomic E-state index is -0.543. The Kier molecular flexibility index (Phi) is 4.82. The summed E-state index contributed by atoms with van der Waals surface area (Å²) in [6, 6.07) is 4.16. The molecule has 0 heterocycles. The number of carbonyl (C=O) groups excluding carboxylic acids is 1.